The molecule has 2 heterocycles. The molecule has 0 bridgehead atoms. The lowest BCUT2D eigenvalue weighted by Gasteiger charge is -2.31. The minimum atomic E-state index is -0.766. The minimum Gasteiger partial charge on any atom is -0.497 e. The zero-order valence-electron chi connectivity index (χ0n) is 20.1. The van der Waals surface area contributed by atoms with Crippen molar-refractivity contribution in [2.24, 2.45) is 7.05 Å². The average Bonchev–Trinajstić information content (AvgIpc) is 3.41. The van der Waals surface area contributed by atoms with Gasteiger partial charge < -0.3 is 23.7 Å². The van der Waals surface area contributed by atoms with Gasteiger partial charge in [-0.3, -0.25) is 9.59 Å². The second kappa shape index (κ2) is 10.2. The lowest BCUT2D eigenvalue weighted by Crippen LogP contribution is -2.47. The summed E-state index contributed by atoms with van der Waals surface area (Å²) in [5, 5.41) is 0. The van der Waals surface area contributed by atoms with Crippen molar-refractivity contribution >= 4 is 17.7 Å². The summed E-state index contributed by atoms with van der Waals surface area (Å²) >= 11 is 0. The van der Waals surface area contributed by atoms with Crippen molar-refractivity contribution < 1.29 is 28.6 Å². The van der Waals surface area contributed by atoms with Gasteiger partial charge in [-0.05, 0) is 57.4 Å². The lowest BCUT2D eigenvalue weighted by atomic mass is 9.98. The van der Waals surface area contributed by atoms with Crippen LogP contribution in [0.1, 0.15) is 62.2 Å². The molecule has 0 aliphatic carbocycles. The molecule has 2 unspecified atom stereocenters. The summed E-state index contributed by atoms with van der Waals surface area (Å²) < 4.78 is 17.6. The Bertz CT molecular complexity index is 1050. The number of hydrogen-bond donors (Lipinski definition) is 0. The van der Waals surface area contributed by atoms with E-state index in [2.05, 4.69) is 0 Å². The van der Waals surface area contributed by atoms with Gasteiger partial charge in [0.1, 0.15) is 11.4 Å². The summed E-state index contributed by atoms with van der Waals surface area (Å²) in [5.74, 6) is -0.447. The Hall–Kier alpha value is -3.13. The fourth-order valence-electron chi connectivity index (χ4n) is 4.42. The van der Waals surface area contributed by atoms with Crippen LogP contribution in [0.3, 0.4) is 0 Å². The molecule has 1 aromatic carbocycles. The molecule has 0 N–H and O–H groups in total. The van der Waals surface area contributed by atoms with Crippen molar-refractivity contribution in [3.8, 4) is 5.75 Å². The van der Waals surface area contributed by atoms with Crippen LogP contribution in [-0.4, -0.2) is 66.6 Å². The summed E-state index contributed by atoms with van der Waals surface area (Å²) in [7, 11) is 4.58. The van der Waals surface area contributed by atoms with Gasteiger partial charge in [0.15, 0.2) is 5.78 Å². The van der Waals surface area contributed by atoms with Crippen LogP contribution in [0, 0.1) is 13.8 Å². The molecule has 1 aliphatic heterocycles. The van der Waals surface area contributed by atoms with Gasteiger partial charge >= 0.3 is 5.97 Å². The molecule has 0 saturated carbocycles. The molecule has 0 radical (unpaired) electrons. The first kappa shape index (κ1) is 24.5. The summed E-state index contributed by atoms with van der Waals surface area (Å²) in [6.45, 7) is 6.19. The highest BCUT2D eigenvalue weighted by molar-refractivity contribution is 6.07. The first-order valence-corrected chi connectivity index (χ1v) is 11.1. The van der Waals surface area contributed by atoms with E-state index in [0.29, 0.717) is 47.0 Å². The minimum absolute atomic E-state index is 0.126. The Morgan fingerprint density at radius 3 is 2.58 bits per heavy atom. The largest absolute Gasteiger partial charge is 0.497 e. The monoisotopic (exact) mass is 456 g/mol. The molecule has 3 rings (SSSR count). The van der Waals surface area contributed by atoms with E-state index in [1.807, 2.05) is 0 Å². The molecule has 1 amide bonds. The summed E-state index contributed by atoms with van der Waals surface area (Å²) in [6, 6.07) is 6.12. The number of ether oxygens (including phenoxy) is 3. The molecular weight excluding hydrogens is 424 g/mol. The van der Waals surface area contributed by atoms with Crippen molar-refractivity contribution in [1.29, 1.82) is 0 Å². The SMILES string of the molecule is COC(=O)c1c(C)c(C(=O)C(C)N(CC2CCCO2)C(=O)c2cccc(OC)c2)c(C)n1C. The van der Waals surface area contributed by atoms with Gasteiger partial charge in [-0.15, -0.1) is 0 Å². The number of carbonyl (C=O) groups excluding carboxylic acids is 3. The van der Waals surface area contributed by atoms with E-state index in [1.54, 1.807) is 68.7 Å². The van der Waals surface area contributed by atoms with Gasteiger partial charge in [0.25, 0.3) is 5.91 Å². The standard InChI is InChI=1S/C25H32N2O6/c1-15-21(16(2)26(4)22(15)25(30)32-6)23(28)17(3)27(14-20-11-8-12-33-20)24(29)18-9-7-10-19(13-18)31-5/h7,9-10,13,17,20H,8,11-12,14H2,1-6H3. The number of rotatable bonds is 8. The summed E-state index contributed by atoms with van der Waals surface area (Å²) in [5.41, 5.74) is 2.39. The van der Waals surface area contributed by atoms with E-state index in [0.717, 1.165) is 12.8 Å². The topological polar surface area (TPSA) is 87.1 Å². The maximum atomic E-state index is 13.7. The predicted octanol–water partition coefficient (Wildman–Crippen LogP) is 3.33. The Morgan fingerprint density at radius 1 is 1.24 bits per heavy atom. The van der Waals surface area contributed by atoms with Crippen LogP contribution < -0.4 is 4.74 Å². The van der Waals surface area contributed by atoms with E-state index in [1.165, 1.54) is 7.11 Å². The quantitative estimate of drug-likeness (QED) is 0.447. The number of nitrogens with zero attached hydrogens (tertiary/aromatic N) is 2. The molecule has 0 spiro atoms. The fourth-order valence-corrected chi connectivity index (χ4v) is 4.42. The predicted molar refractivity (Wildman–Crippen MR) is 123 cm³/mol. The molecule has 1 aliphatic rings. The highest BCUT2D eigenvalue weighted by Crippen LogP contribution is 2.26. The van der Waals surface area contributed by atoms with Crippen LogP contribution >= 0.6 is 0 Å². The van der Waals surface area contributed by atoms with Gasteiger partial charge in [0, 0.05) is 37.0 Å². The molecule has 178 valence electrons. The van der Waals surface area contributed by atoms with E-state index in [-0.39, 0.29) is 17.8 Å². The van der Waals surface area contributed by atoms with E-state index >= 15 is 0 Å². The smallest absolute Gasteiger partial charge is 0.354 e. The van der Waals surface area contributed by atoms with Gasteiger partial charge in [-0.1, -0.05) is 6.07 Å². The Morgan fingerprint density at radius 2 is 1.97 bits per heavy atom. The number of methoxy groups -OCH3 is 2. The van der Waals surface area contributed by atoms with Crippen molar-refractivity contribution in [3.05, 3.63) is 52.3 Å². The molecule has 8 nitrogen and oxygen atoms in total. The number of esters is 1. The molecule has 1 fully saturated rings. The van der Waals surface area contributed by atoms with Gasteiger partial charge in [0.05, 0.1) is 26.4 Å². The third-order valence-corrected chi connectivity index (χ3v) is 6.40. The normalized spacial score (nSPS) is 16.4. The molecule has 8 heteroatoms. The van der Waals surface area contributed by atoms with Crippen LogP contribution in [0.4, 0.5) is 0 Å². The van der Waals surface area contributed by atoms with Crippen molar-refractivity contribution in [2.75, 3.05) is 27.4 Å². The maximum Gasteiger partial charge on any atom is 0.354 e. The molecule has 1 saturated heterocycles. The Labute approximate surface area is 194 Å². The number of Topliss-reactive ketones (excluding diaryl/α,β-unsaturated/α-hetero) is 1. The highest BCUT2D eigenvalue weighted by atomic mass is 16.5. The number of aromatic nitrogens is 1. The van der Waals surface area contributed by atoms with Crippen LogP contribution in [-0.2, 0) is 16.5 Å². The second-order valence-corrected chi connectivity index (χ2v) is 8.35. The maximum absolute atomic E-state index is 13.7. The molecule has 2 aromatic rings. The summed E-state index contributed by atoms with van der Waals surface area (Å²) in [6.07, 6.45) is 1.63. The van der Waals surface area contributed by atoms with Gasteiger partial charge in [-0.2, -0.15) is 0 Å². The van der Waals surface area contributed by atoms with Crippen LogP contribution in [0.5, 0.6) is 5.75 Å². The number of ketones is 1. The number of amides is 1. The molecule has 1 aromatic heterocycles. The molecule has 2 atom stereocenters. The zero-order chi connectivity index (χ0) is 24.3. The second-order valence-electron chi connectivity index (χ2n) is 8.35. The highest BCUT2D eigenvalue weighted by Gasteiger charge is 2.34. The Balaban J connectivity index is 1.99. The zero-order valence-corrected chi connectivity index (χ0v) is 20.1. The van der Waals surface area contributed by atoms with Crippen molar-refractivity contribution in [3.63, 3.8) is 0 Å². The van der Waals surface area contributed by atoms with Gasteiger partial charge in [-0.25, -0.2) is 4.79 Å². The third-order valence-electron chi connectivity index (χ3n) is 6.40. The fraction of sp³-hybridized carbons (Fsp3) is 0.480. The van der Waals surface area contributed by atoms with Crippen LogP contribution in [0.15, 0.2) is 24.3 Å². The van der Waals surface area contributed by atoms with Crippen LogP contribution in [0.25, 0.3) is 0 Å². The van der Waals surface area contributed by atoms with E-state index in [9.17, 15) is 14.4 Å². The van der Waals surface area contributed by atoms with Crippen molar-refractivity contribution in [2.45, 2.75) is 45.8 Å². The summed E-state index contributed by atoms with van der Waals surface area (Å²) in [4.78, 5) is 41.1. The average molecular weight is 457 g/mol. The number of hydrogen-bond acceptors (Lipinski definition) is 6. The van der Waals surface area contributed by atoms with E-state index in [4.69, 9.17) is 14.2 Å². The number of benzene rings is 1. The number of carbonyl (C=O) groups is 3. The molecular formula is C25H32N2O6. The third kappa shape index (κ3) is 4.80. The first-order chi connectivity index (χ1) is 15.7. The first-order valence-electron chi connectivity index (χ1n) is 11.1. The lowest BCUT2D eigenvalue weighted by molar-refractivity contribution is 0.0410. The van der Waals surface area contributed by atoms with Crippen molar-refractivity contribution in [1.82, 2.24) is 9.47 Å². The Kier molecular flexibility index (Phi) is 7.58. The van der Waals surface area contributed by atoms with E-state index < -0.39 is 12.0 Å². The van der Waals surface area contributed by atoms with Crippen LogP contribution in [0.2, 0.25) is 0 Å². The molecule has 33 heavy (non-hydrogen) atoms. The van der Waals surface area contributed by atoms with Gasteiger partial charge in [0.2, 0.25) is 0 Å².